The summed E-state index contributed by atoms with van der Waals surface area (Å²) >= 11 is 0. The van der Waals surface area contributed by atoms with E-state index in [0.29, 0.717) is 32.1 Å². The largest absolute Gasteiger partial charge is 0.494 e. The predicted molar refractivity (Wildman–Crippen MR) is 112 cm³/mol. The lowest BCUT2D eigenvalue weighted by Crippen LogP contribution is -2.31. The molecule has 32 heavy (non-hydrogen) atoms. The van der Waals surface area contributed by atoms with Crippen LogP contribution < -0.4 is 15.8 Å². The van der Waals surface area contributed by atoms with Crippen LogP contribution >= 0.6 is 0 Å². The molecule has 0 fully saturated rings. The molecule has 0 spiro atoms. The molecule has 5 N–H and O–H groups in total. The topological polar surface area (TPSA) is 135 Å². The van der Waals surface area contributed by atoms with Crippen LogP contribution in [0, 0.1) is 11.3 Å². The molecule has 1 aliphatic rings. The SMILES string of the molecule is CCOC(=O)CC1CCCc2ccc(OCCCNC(=N)N)cc2C1.O=C(O)C(F)(F)F. The molecule has 0 radical (unpaired) electrons. The molecule has 0 saturated heterocycles. The molecule has 8 nitrogen and oxygen atoms in total. The summed E-state index contributed by atoms with van der Waals surface area (Å²) in [6, 6.07) is 6.27. The van der Waals surface area contributed by atoms with Crippen molar-refractivity contribution in [1.29, 1.82) is 5.41 Å². The van der Waals surface area contributed by atoms with Crippen molar-refractivity contribution in [3.05, 3.63) is 29.3 Å². The number of halogens is 3. The first-order valence-electron chi connectivity index (χ1n) is 10.3. The van der Waals surface area contributed by atoms with E-state index < -0.39 is 12.1 Å². The Balaban J connectivity index is 0.000000633. The number of alkyl halides is 3. The fourth-order valence-electron chi connectivity index (χ4n) is 3.24. The number of nitrogens with two attached hydrogens (primary N) is 1. The number of hydrogen-bond donors (Lipinski definition) is 4. The summed E-state index contributed by atoms with van der Waals surface area (Å²) in [5.74, 6) is -1.67. The number of carbonyl (C=O) groups is 2. The number of fused-ring (bicyclic) bond motifs is 1. The van der Waals surface area contributed by atoms with E-state index in [2.05, 4.69) is 17.4 Å². The maximum atomic E-state index is 11.8. The second kappa shape index (κ2) is 13.4. The Morgan fingerprint density at radius 2 is 2.00 bits per heavy atom. The Bertz CT molecular complexity index is 772. The monoisotopic (exact) mass is 461 g/mol. The molecule has 180 valence electrons. The summed E-state index contributed by atoms with van der Waals surface area (Å²) in [5.41, 5.74) is 7.88. The van der Waals surface area contributed by atoms with Gasteiger partial charge in [-0.05, 0) is 68.2 Å². The van der Waals surface area contributed by atoms with Crippen LogP contribution in [0.2, 0.25) is 0 Å². The molecule has 0 bridgehead atoms. The Kier molecular flexibility index (Phi) is 11.4. The number of esters is 1. The summed E-state index contributed by atoms with van der Waals surface area (Å²) in [6.45, 7) is 3.49. The number of carboxylic acids is 1. The summed E-state index contributed by atoms with van der Waals surface area (Å²) in [5, 5.41) is 17.0. The quantitative estimate of drug-likeness (QED) is 0.154. The van der Waals surface area contributed by atoms with Gasteiger partial charge in [0, 0.05) is 13.0 Å². The van der Waals surface area contributed by atoms with Gasteiger partial charge in [0.1, 0.15) is 5.75 Å². The zero-order valence-electron chi connectivity index (χ0n) is 18.0. The highest BCUT2D eigenvalue weighted by molar-refractivity contribution is 5.74. The van der Waals surface area contributed by atoms with Crippen LogP contribution in [0.5, 0.6) is 5.75 Å². The molecule has 0 heterocycles. The molecule has 0 aliphatic heterocycles. The van der Waals surface area contributed by atoms with E-state index in [1.807, 2.05) is 13.0 Å². The minimum Gasteiger partial charge on any atom is -0.494 e. The number of guanidine groups is 1. The van der Waals surface area contributed by atoms with Gasteiger partial charge < -0.3 is 25.6 Å². The number of ether oxygens (including phenoxy) is 2. The second-order valence-corrected chi connectivity index (χ2v) is 7.25. The Morgan fingerprint density at radius 1 is 1.31 bits per heavy atom. The molecular weight excluding hydrogens is 431 g/mol. The van der Waals surface area contributed by atoms with Gasteiger partial charge in [-0.25, -0.2) is 4.79 Å². The Hall–Kier alpha value is -2.98. The number of aryl methyl sites for hydroxylation is 1. The summed E-state index contributed by atoms with van der Waals surface area (Å²) in [7, 11) is 0. The summed E-state index contributed by atoms with van der Waals surface area (Å²) in [6.07, 6.45) is 0.306. The van der Waals surface area contributed by atoms with Crippen molar-refractivity contribution < 1.29 is 37.3 Å². The zero-order chi connectivity index (χ0) is 24.1. The van der Waals surface area contributed by atoms with Crippen molar-refractivity contribution in [2.24, 2.45) is 11.7 Å². The number of carbonyl (C=O) groups excluding carboxylic acids is 1. The molecule has 2 rings (SSSR count). The van der Waals surface area contributed by atoms with Gasteiger partial charge in [-0.1, -0.05) is 6.07 Å². The smallest absolute Gasteiger partial charge is 0.490 e. The number of benzene rings is 1. The summed E-state index contributed by atoms with van der Waals surface area (Å²) < 4.78 is 42.6. The van der Waals surface area contributed by atoms with E-state index in [-0.39, 0.29) is 11.9 Å². The minimum absolute atomic E-state index is 0.0160. The molecule has 0 saturated carbocycles. The van der Waals surface area contributed by atoms with Crippen molar-refractivity contribution in [3.63, 3.8) is 0 Å². The van der Waals surface area contributed by atoms with Crippen LogP contribution in [-0.4, -0.2) is 48.9 Å². The van der Waals surface area contributed by atoms with Crippen molar-refractivity contribution in [2.45, 2.75) is 51.6 Å². The van der Waals surface area contributed by atoms with Crippen LogP contribution in [-0.2, 0) is 27.2 Å². The van der Waals surface area contributed by atoms with Crippen molar-refractivity contribution in [1.82, 2.24) is 5.32 Å². The molecule has 1 aliphatic carbocycles. The molecule has 1 aromatic rings. The van der Waals surface area contributed by atoms with E-state index in [0.717, 1.165) is 37.9 Å². The second-order valence-electron chi connectivity index (χ2n) is 7.25. The van der Waals surface area contributed by atoms with Crippen molar-refractivity contribution in [3.8, 4) is 5.75 Å². The third-order valence-corrected chi connectivity index (χ3v) is 4.65. The molecule has 0 amide bonds. The Morgan fingerprint density at radius 3 is 2.59 bits per heavy atom. The fourth-order valence-corrected chi connectivity index (χ4v) is 3.24. The maximum Gasteiger partial charge on any atom is 0.490 e. The fraction of sp³-hybridized carbons (Fsp3) is 0.571. The first kappa shape index (κ1) is 27.1. The van der Waals surface area contributed by atoms with E-state index in [9.17, 15) is 18.0 Å². The lowest BCUT2D eigenvalue weighted by atomic mass is 9.94. The van der Waals surface area contributed by atoms with Crippen LogP contribution in [0.15, 0.2) is 18.2 Å². The highest BCUT2D eigenvalue weighted by Gasteiger charge is 2.38. The van der Waals surface area contributed by atoms with E-state index in [1.165, 1.54) is 11.1 Å². The van der Waals surface area contributed by atoms with Crippen LogP contribution in [0.1, 0.15) is 43.7 Å². The highest BCUT2D eigenvalue weighted by Crippen LogP contribution is 2.29. The number of nitrogens with one attached hydrogen (secondary N) is 2. The van der Waals surface area contributed by atoms with Crippen LogP contribution in [0.25, 0.3) is 0 Å². The van der Waals surface area contributed by atoms with E-state index in [1.54, 1.807) is 0 Å². The Labute approximate surface area is 184 Å². The lowest BCUT2D eigenvalue weighted by molar-refractivity contribution is -0.192. The number of hydrogen-bond acceptors (Lipinski definition) is 5. The normalized spacial score (nSPS) is 15.3. The van der Waals surface area contributed by atoms with Crippen molar-refractivity contribution >= 4 is 17.9 Å². The highest BCUT2D eigenvalue weighted by atomic mass is 19.4. The molecule has 1 aromatic carbocycles. The summed E-state index contributed by atoms with van der Waals surface area (Å²) in [4.78, 5) is 20.7. The van der Waals surface area contributed by atoms with Gasteiger partial charge in [-0.3, -0.25) is 10.2 Å². The van der Waals surface area contributed by atoms with Gasteiger partial charge in [-0.2, -0.15) is 13.2 Å². The third kappa shape index (κ3) is 10.9. The molecule has 1 atom stereocenters. The first-order valence-corrected chi connectivity index (χ1v) is 10.3. The maximum absolute atomic E-state index is 11.8. The van der Waals surface area contributed by atoms with E-state index >= 15 is 0 Å². The number of aliphatic carboxylic acids is 1. The van der Waals surface area contributed by atoms with Gasteiger partial charge in [0.25, 0.3) is 0 Å². The van der Waals surface area contributed by atoms with Crippen LogP contribution in [0.4, 0.5) is 13.2 Å². The van der Waals surface area contributed by atoms with Crippen LogP contribution in [0.3, 0.4) is 0 Å². The molecular formula is C21H30F3N3O5. The van der Waals surface area contributed by atoms with Gasteiger partial charge in [0.15, 0.2) is 5.96 Å². The molecule has 11 heteroatoms. The van der Waals surface area contributed by atoms with E-state index in [4.69, 9.17) is 30.5 Å². The number of carboxylic acid groups (broad SMARTS) is 1. The third-order valence-electron chi connectivity index (χ3n) is 4.65. The van der Waals surface area contributed by atoms with Gasteiger partial charge >= 0.3 is 18.1 Å². The van der Waals surface area contributed by atoms with Gasteiger partial charge in [0.05, 0.1) is 13.2 Å². The van der Waals surface area contributed by atoms with Gasteiger partial charge in [-0.15, -0.1) is 0 Å². The molecule has 1 unspecified atom stereocenters. The standard InChI is InChI=1S/C19H29N3O3.C2HF3O2/c1-2-24-18(23)12-14-5-3-6-15-7-8-17(13-16(15)11-14)25-10-4-9-22-19(20)21;3-2(4,5)1(6)7/h7-8,13-14H,2-6,9-12H2,1H3,(H4,20,21,22);(H,6,7). The molecule has 0 aromatic heterocycles. The first-order chi connectivity index (χ1) is 15.0. The van der Waals surface area contributed by atoms with Crippen molar-refractivity contribution in [2.75, 3.05) is 19.8 Å². The average molecular weight is 461 g/mol. The number of rotatable bonds is 8. The zero-order valence-corrected chi connectivity index (χ0v) is 18.0. The lowest BCUT2D eigenvalue weighted by Gasteiger charge is -2.15. The van der Waals surface area contributed by atoms with Gasteiger partial charge in [0.2, 0.25) is 0 Å². The minimum atomic E-state index is -5.08. The predicted octanol–water partition coefficient (Wildman–Crippen LogP) is 3.02. The average Bonchev–Trinajstić information content (AvgIpc) is 2.88.